The first-order valence-electron chi connectivity index (χ1n) is 6.84. The van der Waals surface area contributed by atoms with Crippen molar-refractivity contribution in [3.63, 3.8) is 0 Å². The third kappa shape index (κ3) is 2.45. The molecule has 1 aliphatic heterocycles. The fourth-order valence-electron chi connectivity index (χ4n) is 2.80. The number of rotatable bonds is 2. The Bertz CT molecular complexity index is 783. The van der Waals surface area contributed by atoms with Gasteiger partial charge in [0.25, 0.3) is 0 Å². The Balaban J connectivity index is 2.01. The molecule has 0 saturated heterocycles. The van der Waals surface area contributed by atoms with Crippen LogP contribution in [0.5, 0.6) is 0 Å². The second-order valence-corrected chi connectivity index (χ2v) is 8.07. The maximum atomic E-state index is 12.9. The van der Waals surface area contributed by atoms with Gasteiger partial charge in [-0.1, -0.05) is 15.9 Å². The molecule has 4 nitrogen and oxygen atoms in total. The summed E-state index contributed by atoms with van der Waals surface area (Å²) >= 11 is 3.41. The topological polar surface area (TPSA) is 42.3 Å². The zero-order chi connectivity index (χ0) is 15.2. The standard InChI is InChI=1S/C15H17BrN2O2S/c1-11-10-13(5-6-14(11)16)21(19,20)18-9-8-17-7-3-4-15(17)12(18)2/h3-7,10,12H,8-9H2,1-2H3. The van der Waals surface area contributed by atoms with E-state index in [1.807, 2.05) is 32.2 Å². The minimum atomic E-state index is -3.47. The average molecular weight is 369 g/mol. The number of halogens is 1. The van der Waals surface area contributed by atoms with Gasteiger partial charge in [-0.25, -0.2) is 8.42 Å². The van der Waals surface area contributed by atoms with E-state index < -0.39 is 10.0 Å². The van der Waals surface area contributed by atoms with Crippen LogP contribution in [0.4, 0.5) is 0 Å². The Labute approximate surface area is 133 Å². The van der Waals surface area contributed by atoms with E-state index in [4.69, 9.17) is 0 Å². The predicted molar refractivity (Wildman–Crippen MR) is 85.6 cm³/mol. The van der Waals surface area contributed by atoms with E-state index in [9.17, 15) is 8.42 Å². The van der Waals surface area contributed by atoms with Crippen molar-refractivity contribution in [3.8, 4) is 0 Å². The summed E-state index contributed by atoms with van der Waals surface area (Å²) in [6.45, 7) is 5.03. The lowest BCUT2D eigenvalue weighted by Gasteiger charge is -2.34. The zero-order valence-electron chi connectivity index (χ0n) is 12.0. The summed E-state index contributed by atoms with van der Waals surface area (Å²) in [5.41, 5.74) is 1.96. The summed E-state index contributed by atoms with van der Waals surface area (Å²) < 4.78 is 30.4. The number of aryl methyl sites for hydroxylation is 1. The van der Waals surface area contributed by atoms with Crippen molar-refractivity contribution in [2.45, 2.75) is 31.3 Å². The summed E-state index contributed by atoms with van der Waals surface area (Å²) in [4.78, 5) is 0.357. The van der Waals surface area contributed by atoms with Gasteiger partial charge in [0.05, 0.1) is 10.9 Å². The van der Waals surface area contributed by atoms with E-state index in [0.717, 1.165) is 15.7 Å². The van der Waals surface area contributed by atoms with Crippen LogP contribution in [0.1, 0.15) is 24.2 Å². The summed E-state index contributed by atoms with van der Waals surface area (Å²) in [6.07, 6.45) is 2.00. The summed E-state index contributed by atoms with van der Waals surface area (Å²) in [5.74, 6) is 0. The van der Waals surface area contributed by atoms with Crippen molar-refractivity contribution in [1.82, 2.24) is 8.87 Å². The minimum Gasteiger partial charge on any atom is -0.349 e. The van der Waals surface area contributed by atoms with Gasteiger partial charge in [-0.15, -0.1) is 0 Å². The highest BCUT2D eigenvalue weighted by atomic mass is 79.9. The number of hydrogen-bond acceptors (Lipinski definition) is 2. The molecule has 0 aliphatic carbocycles. The van der Waals surface area contributed by atoms with Crippen molar-refractivity contribution in [2.24, 2.45) is 0 Å². The molecule has 1 aromatic carbocycles. The molecule has 0 spiro atoms. The molecular formula is C15H17BrN2O2S. The van der Waals surface area contributed by atoms with Crippen LogP contribution in [0, 0.1) is 6.92 Å². The van der Waals surface area contributed by atoms with Crippen LogP contribution in [-0.4, -0.2) is 23.8 Å². The Kier molecular flexibility index (Phi) is 3.71. The van der Waals surface area contributed by atoms with Crippen LogP contribution in [0.15, 0.2) is 45.9 Å². The van der Waals surface area contributed by atoms with Crippen molar-refractivity contribution in [2.75, 3.05) is 6.54 Å². The molecule has 0 radical (unpaired) electrons. The second kappa shape index (κ2) is 5.26. The zero-order valence-corrected chi connectivity index (χ0v) is 14.4. The van der Waals surface area contributed by atoms with Crippen LogP contribution in [0.2, 0.25) is 0 Å². The van der Waals surface area contributed by atoms with E-state index in [2.05, 4.69) is 20.5 Å². The first kappa shape index (κ1) is 14.8. The highest BCUT2D eigenvalue weighted by Crippen LogP contribution is 2.32. The van der Waals surface area contributed by atoms with Gasteiger partial charge in [0.15, 0.2) is 0 Å². The lowest BCUT2D eigenvalue weighted by molar-refractivity contribution is 0.282. The van der Waals surface area contributed by atoms with Gasteiger partial charge in [-0.2, -0.15) is 4.31 Å². The highest BCUT2D eigenvalue weighted by Gasteiger charge is 2.33. The van der Waals surface area contributed by atoms with Gasteiger partial charge in [-0.05, 0) is 49.7 Å². The smallest absolute Gasteiger partial charge is 0.243 e. The molecule has 2 aromatic rings. The quantitative estimate of drug-likeness (QED) is 0.815. The Hall–Kier alpha value is -1.11. The normalized spacial score (nSPS) is 19.5. The SMILES string of the molecule is Cc1cc(S(=O)(=O)N2CCn3cccc3C2C)ccc1Br. The van der Waals surface area contributed by atoms with Crippen LogP contribution in [0.25, 0.3) is 0 Å². The summed E-state index contributed by atoms with van der Waals surface area (Å²) in [6, 6.07) is 8.97. The molecule has 112 valence electrons. The van der Waals surface area contributed by atoms with Crippen molar-refractivity contribution >= 4 is 26.0 Å². The molecule has 1 aromatic heterocycles. The van der Waals surface area contributed by atoms with Crippen LogP contribution >= 0.6 is 15.9 Å². The molecule has 21 heavy (non-hydrogen) atoms. The van der Waals surface area contributed by atoms with Crippen molar-refractivity contribution in [1.29, 1.82) is 0 Å². The fourth-order valence-corrected chi connectivity index (χ4v) is 4.73. The van der Waals surface area contributed by atoms with Crippen LogP contribution < -0.4 is 0 Å². The molecule has 0 bridgehead atoms. The Morgan fingerprint density at radius 1 is 1.24 bits per heavy atom. The predicted octanol–water partition coefficient (Wildman–Crippen LogP) is 3.32. The molecule has 1 atom stereocenters. The molecule has 2 heterocycles. The third-order valence-electron chi connectivity index (χ3n) is 4.02. The van der Waals surface area contributed by atoms with Gasteiger partial charge in [0.2, 0.25) is 10.0 Å². The van der Waals surface area contributed by atoms with E-state index in [1.165, 1.54) is 0 Å². The molecule has 0 N–H and O–H groups in total. The number of benzene rings is 1. The third-order valence-corrected chi connectivity index (χ3v) is 6.88. The summed E-state index contributed by atoms with van der Waals surface area (Å²) in [7, 11) is -3.47. The largest absolute Gasteiger partial charge is 0.349 e. The second-order valence-electron chi connectivity index (χ2n) is 5.33. The van der Waals surface area contributed by atoms with E-state index in [1.54, 1.807) is 22.5 Å². The molecule has 1 unspecified atom stereocenters. The number of aromatic nitrogens is 1. The Morgan fingerprint density at radius 3 is 2.71 bits per heavy atom. The number of nitrogens with zero attached hydrogens (tertiary/aromatic N) is 2. The fraction of sp³-hybridized carbons (Fsp3) is 0.333. The Morgan fingerprint density at radius 2 is 2.00 bits per heavy atom. The van der Waals surface area contributed by atoms with Crippen molar-refractivity contribution in [3.05, 3.63) is 52.3 Å². The highest BCUT2D eigenvalue weighted by molar-refractivity contribution is 9.10. The molecule has 0 amide bonds. The first-order chi connectivity index (χ1) is 9.91. The van der Waals surface area contributed by atoms with Gasteiger partial charge < -0.3 is 4.57 Å². The van der Waals surface area contributed by atoms with E-state index >= 15 is 0 Å². The van der Waals surface area contributed by atoms with E-state index in [-0.39, 0.29) is 6.04 Å². The summed E-state index contributed by atoms with van der Waals surface area (Å²) in [5, 5.41) is 0. The van der Waals surface area contributed by atoms with Gasteiger partial charge in [-0.3, -0.25) is 0 Å². The van der Waals surface area contributed by atoms with Gasteiger partial charge in [0.1, 0.15) is 0 Å². The van der Waals surface area contributed by atoms with Crippen LogP contribution in [0.3, 0.4) is 0 Å². The minimum absolute atomic E-state index is 0.150. The lowest BCUT2D eigenvalue weighted by Crippen LogP contribution is -2.40. The van der Waals surface area contributed by atoms with Gasteiger partial charge >= 0.3 is 0 Å². The molecule has 0 saturated carbocycles. The molecule has 1 aliphatic rings. The monoisotopic (exact) mass is 368 g/mol. The number of sulfonamides is 1. The van der Waals surface area contributed by atoms with E-state index in [0.29, 0.717) is 18.0 Å². The molecular weight excluding hydrogens is 352 g/mol. The average Bonchev–Trinajstić information content (AvgIpc) is 2.91. The van der Waals surface area contributed by atoms with Crippen LogP contribution in [-0.2, 0) is 16.6 Å². The number of fused-ring (bicyclic) bond motifs is 1. The molecule has 3 rings (SSSR count). The number of hydrogen-bond donors (Lipinski definition) is 0. The first-order valence-corrected chi connectivity index (χ1v) is 9.07. The van der Waals surface area contributed by atoms with Crippen molar-refractivity contribution < 1.29 is 8.42 Å². The van der Waals surface area contributed by atoms with Gasteiger partial charge in [0, 0.05) is 29.5 Å². The molecule has 6 heteroatoms. The maximum Gasteiger partial charge on any atom is 0.243 e. The maximum absolute atomic E-state index is 12.9. The molecule has 0 fully saturated rings. The lowest BCUT2D eigenvalue weighted by atomic mass is 10.2.